The Hall–Kier alpha value is -0.320. The van der Waals surface area contributed by atoms with Gasteiger partial charge in [0, 0.05) is 39.3 Å². The summed E-state index contributed by atoms with van der Waals surface area (Å²) in [6.07, 6.45) is 3.03. The highest BCUT2D eigenvalue weighted by Crippen LogP contribution is 2.22. The quantitative estimate of drug-likeness (QED) is 0.778. The van der Waals surface area contributed by atoms with Gasteiger partial charge in [0.2, 0.25) is 0 Å². The first-order valence-corrected chi connectivity index (χ1v) is 8.44. The van der Waals surface area contributed by atoms with E-state index in [9.17, 15) is 0 Å². The number of unbranched alkanes of at least 4 members (excludes halogenated alkanes) is 1. The lowest BCUT2D eigenvalue weighted by Crippen LogP contribution is -2.47. The van der Waals surface area contributed by atoms with Crippen LogP contribution in [0.3, 0.4) is 0 Å². The molecule has 5 heteroatoms. The fraction of sp³-hybridized carbons (Fsp3) is 0.625. The molecule has 0 unspecified atom stereocenters. The van der Waals surface area contributed by atoms with Crippen molar-refractivity contribution in [3.05, 3.63) is 33.8 Å². The minimum atomic E-state index is 0.309. The van der Waals surface area contributed by atoms with Crippen molar-refractivity contribution in [3.63, 3.8) is 0 Å². The molecule has 0 aliphatic carbocycles. The third kappa shape index (κ3) is 5.76. The van der Waals surface area contributed by atoms with E-state index in [0.29, 0.717) is 16.7 Å². The minimum absolute atomic E-state index is 0.309. The van der Waals surface area contributed by atoms with Crippen LogP contribution in [0.15, 0.2) is 18.2 Å². The fourth-order valence-corrected chi connectivity index (χ4v) is 2.99. The number of aliphatic hydroxyl groups excluding tert-OH is 1. The third-order valence-electron chi connectivity index (χ3n) is 4.05. The van der Waals surface area contributed by atoms with Gasteiger partial charge < -0.3 is 14.9 Å². The van der Waals surface area contributed by atoms with E-state index in [2.05, 4.69) is 15.9 Å². The van der Waals surface area contributed by atoms with Crippen molar-refractivity contribution >= 4 is 23.2 Å². The van der Waals surface area contributed by atoms with Gasteiger partial charge in [0.15, 0.2) is 0 Å². The maximum absolute atomic E-state index is 8.81. The van der Waals surface area contributed by atoms with E-state index >= 15 is 0 Å². The molecule has 118 valence electrons. The molecule has 0 atom stereocenters. The van der Waals surface area contributed by atoms with Crippen LogP contribution < -0.4 is 0 Å². The summed E-state index contributed by atoms with van der Waals surface area (Å²) < 4.78 is 0. The van der Waals surface area contributed by atoms with Crippen molar-refractivity contribution in [1.82, 2.24) is 9.80 Å². The van der Waals surface area contributed by atoms with Crippen LogP contribution in [0.25, 0.3) is 0 Å². The number of hydrogen-bond acceptors (Lipinski definition) is 3. The second-order valence-electron chi connectivity index (χ2n) is 5.61. The van der Waals surface area contributed by atoms with Crippen LogP contribution in [0, 0.1) is 0 Å². The molecule has 1 saturated heterocycles. The zero-order valence-electron chi connectivity index (χ0n) is 12.4. The molecule has 0 aromatic heterocycles. The number of nitrogens with zero attached hydrogens (tertiary/aromatic N) is 2. The summed E-state index contributed by atoms with van der Waals surface area (Å²) in [5, 5.41) is 10.1. The average Bonchev–Trinajstić information content (AvgIpc) is 2.50. The molecule has 0 amide bonds. The van der Waals surface area contributed by atoms with E-state index in [1.807, 2.05) is 12.1 Å². The van der Waals surface area contributed by atoms with Crippen LogP contribution in [-0.4, -0.2) is 60.8 Å². The summed E-state index contributed by atoms with van der Waals surface area (Å²) in [7, 11) is 0. The number of hydrogen-bond donors (Lipinski definition) is 1. The molecule has 1 aromatic rings. The van der Waals surface area contributed by atoms with Crippen molar-refractivity contribution in [2.75, 3.05) is 45.9 Å². The normalized spacial score (nSPS) is 17.3. The van der Waals surface area contributed by atoms with Gasteiger partial charge in [-0.25, -0.2) is 0 Å². The Kier molecular flexibility index (Phi) is 7.27. The molecule has 3 nitrogen and oxygen atoms in total. The van der Waals surface area contributed by atoms with Crippen molar-refractivity contribution in [2.45, 2.75) is 19.3 Å². The largest absolute Gasteiger partial charge is 0.396 e. The summed E-state index contributed by atoms with van der Waals surface area (Å²) in [5.41, 5.74) is 1.25. The molecular formula is C16H24Cl2N2O. The van der Waals surface area contributed by atoms with Gasteiger partial charge in [0.25, 0.3) is 0 Å². The predicted molar refractivity (Wildman–Crippen MR) is 89.4 cm³/mol. The topological polar surface area (TPSA) is 26.7 Å². The predicted octanol–water partition coefficient (Wildman–Crippen LogP) is 2.93. The first kappa shape index (κ1) is 17.0. The number of aliphatic hydroxyl groups is 1. The Morgan fingerprint density at radius 1 is 0.905 bits per heavy atom. The second kappa shape index (κ2) is 8.96. The highest BCUT2D eigenvalue weighted by molar-refractivity contribution is 6.42. The molecule has 1 aliphatic heterocycles. The van der Waals surface area contributed by atoms with E-state index in [1.54, 1.807) is 0 Å². The molecule has 2 rings (SSSR count). The van der Waals surface area contributed by atoms with Gasteiger partial charge in [-0.2, -0.15) is 0 Å². The van der Waals surface area contributed by atoms with Crippen LogP contribution in [0.5, 0.6) is 0 Å². The number of rotatable bonds is 7. The summed E-state index contributed by atoms with van der Waals surface area (Å²) in [5.74, 6) is 0. The van der Waals surface area contributed by atoms with Crippen LogP contribution in [0.4, 0.5) is 0 Å². The highest BCUT2D eigenvalue weighted by atomic mass is 35.5. The number of benzene rings is 1. The van der Waals surface area contributed by atoms with Crippen LogP contribution in [0.1, 0.15) is 18.4 Å². The van der Waals surface area contributed by atoms with Crippen molar-refractivity contribution in [3.8, 4) is 0 Å². The fourth-order valence-electron chi connectivity index (χ4n) is 2.67. The van der Waals surface area contributed by atoms with Crippen LogP contribution in [0.2, 0.25) is 10.0 Å². The average molecular weight is 331 g/mol. The van der Waals surface area contributed by atoms with E-state index in [1.165, 1.54) is 5.56 Å². The Balaban J connectivity index is 1.67. The molecular weight excluding hydrogens is 307 g/mol. The van der Waals surface area contributed by atoms with E-state index < -0.39 is 0 Å². The Labute approximate surface area is 137 Å². The van der Waals surface area contributed by atoms with E-state index in [0.717, 1.165) is 58.5 Å². The molecule has 1 heterocycles. The van der Waals surface area contributed by atoms with Crippen molar-refractivity contribution in [2.24, 2.45) is 0 Å². The standard InChI is InChI=1S/C16H24Cl2N2O/c17-15-4-3-14(13-16(15)18)5-7-20-10-8-19(9-11-20)6-1-2-12-21/h3-4,13,21H,1-2,5-12H2. The van der Waals surface area contributed by atoms with E-state index in [4.69, 9.17) is 28.3 Å². The lowest BCUT2D eigenvalue weighted by molar-refractivity contribution is 0.130. The van der Waals surface area contributed by atoms with Crippen LogP contribution in [-0.2, 0) is 6.42 Å². The maximum atomic E-state index is 8.81. The molecule has 1 N–H and O–H groups in total. The summed E-state index contributed by atoms with van der Waals surface area (Å²) in [6.45, 7) is 7.01. The number of piperazine rings is 1. The SMILES string of the molecule is OCCCCN1CCN(CCc2ccc(Cl)c(Cl)c2)CC1. The van der Waals surface area contributed by atoms with Crippen molar-refractivity contribution < 1.29 is 5.11 Å². The monoisotopic (exact) mass is 330 g/mol. The molecule has 0 spiro atoms. The zero-order chi connectivity index (χ0) is 15.1. The molecule has 1 fully saturated rings. The Bertz CT molecular complexity index is 434. The first-order valence-electron chi connectivity index (χ1n) is 7.68. The van der Waals surface area contributed by atoms with Gasteiger partial charge in [-0.15, -0.1) is 0 Å². The van der Waals surface area contributed by atoms with Gasteiger partial charge in [-0.05, 0) is 43.5 Å². The van der Waals surface area contributed by atoms with Gasteiger partial charge in [0.05, 0.1) is 10.0 Å². The van der Waals surface area contributed by atoms with Crippen LogP contribution >= 0.6 is 23.2 Å². The zero-order valence-corrected chi connectivity index (χ0v) is 13.9. The van der Waals surface area contributed by atoms with Gasteiger partial charge in [-0.3, -0.25) is 0 Å². The summed E-state index contributed by atoms with van der Waals surface area (Å²) in [6, 6.07) is 5.90. The minimum Gasteiger partial charge on any atom is -0.396 e. The molecule has 1 aliphatic rings. The Morgan fingerprint density at radius 3 is 2.19 bits per heavy atom. The van der Waals surface area contributed by atoms with Gasteiger partial charge >= 0.3 is 0 Å². The lowest BCUT2D eigenvalue weighted by Gasteiger charge is -2.34. The molecule has 0 radical (unpaired) electrons. The maximum Gasteiger partial charge on any atom is 0.0595 e. The van der Waals surface area contributed by atoms with Gasteiger partial charge in [-0.1, -0.05) is 29.3 Å². The third-order valence-corrected chi connectivity index (χ3v) is 4.79. The molecule has 0 bridgehead atoms. The molecule has 0 saturated carbocycles. The smallest absolute Gasteiger partial charge is 0.0595 e. The Morgan fingerprint density at radius 2 is 1.57 bits per heavy atom. The molecule has 1 aromatic carbocycles. The molecule has 21 heavy (non-hydrogen) atoms. The van der Waals surface area contributed by atoms with E-state index in [-0.39, 0.29) is 0 Å². The first-order chi connectivity index (χ1) is 10.2. The lowest BCUT2D eigenvalue weighted by atomic mass is 10.1. The van der Waals surface area contributed by atoms with Gasteiger partial charge in [0.1, 0.15) is 0 Å². The van der Waals surface area contributed by atoms with Crippen molar-refractivity contribution in [1.29, 1.82) is 0 Å². The summed E-state index contributed by atoms with van der Waals surface area (Å²) >= 11 is 12.0. The summed E-state index contributed by atoms with van der Waals surface area (Å²) in [4.78, 5) is 5.00. The second-order valence-corrected chi connectivity index (χ2v) is 6.43. The number of halogens is 2. The highest BCUT2D eigenvalue weighted by Gasteiger charge is 2.16.